The molecule has 0 aliphatic heterocycles. The van der Waals surface area contributed by atoms with Gasteiger partial charge in [0, 0.05) is 30.9 Å². The number of nitrogens with one attached hydrogen (secondary N) is 2. The molecule has 11 nitrogen and oxygen atoms in total. The van der Waals surface area contributed by atoms with Gasteiger partial charge in [0.25, 0.3) is 11.5 Å². The summed E-state index contributed by atoms with van der Waals surface area (Å²) < 4.78 is 4.96. The maximum absolute atomic E-state index is 13.8. The molecular weight excluding hydrogens is 470 g/mol. The van der Waals surface area contributed by atoms with Crippen molar-refractivity contribution in [1.82, 2.24) is 34.7 Å². The van der Waals surface area contributed by atoms with Crippen molar-refractivity contribution in [1.29, 1.82) is 0 Å². The quantitative estimate of drug-likeness (QED) is 0.255. The highest BCUT2D eigenvalue weighted by Crippen LogP contribution is 2.36. The van der Waals surface area contributed by atoms with Crippen LogP contribution < -0.4 is 21.1 Å². The first-order valence-corrected chi connectivity index (χ1v) is 11.9. The average Bonchev–Trinajstić information content (AvgIpc) is 3.53. The number of nitrogens with two attached hydrogens (primary N) is 1. The molecule has 0 saturated heterocycles. The number of hydrogen-bond donors (Lipinski definition) is 3. The molecule has 1 saturated carbocycles. The van der Waals surface area contributed by atoms with Gasteiger partial charge in [0.2, 0.25) is 0 Å². The Hall–Kier alpha value is -4.98. The summed E-state index contributed by atoms with van der Waals surface area (Å²) in [5, 5.41) is 10.5. The van der Waals surface area contributed by atoms with E-state index in [1.165, 1.54) is 0 Å². The Morgan fingerprint density at radius 3 is 2.89 bits per heavy atom. The van der Waals surface area contributed by atoms with Crippen LogP contribution in [0.15, 0.2) is 53.8 Å². The fourth-order valence-electron chi connectivity index (χ4n) is 4.49. The summed E-state index contributed by atoms with van der Waals surface area (Å²) in [5.41, 5.74) is 8.45. The molecule has 6 rings (SSSR count). The molecule has 4 N–H and O–H groups in total. The van der Waals surface area contributed by atoms with Gasteiger partial charge in [-0.05, 0) is 36.9 Å². The normalized spacial score (nSPS) is 13.9. The molecule has 0 bridgehead atoms. The van der Waals surface area contributed by atoms with Crippen molar-refractivity contribution < 1.29 is 9.31 Å². The third-order valence-corrected chi connectivity index (χ3v) is 6.36. The second-order valence-corrected chi connectivity index (χ2v) is 9.14. The van der Waals surface area contributed by atoms with Gasteiger partial charge in [-0.15, -0.1) is 4.52 Å². The molecule has 1 aliphatic carbocycles. The minimum atomic E-state index is -0.562. The summed E-state index contributed by atoms with van der Waals surface area (Å²) in [5.74, 6) is 6.47. The fourth-order valence-corrected chi connectivity index (χ4v) is 4.49. The predicted octanol–water partition coefficient (Wildman–Crippen LogP) is 1.40. The number of nitrogens with zero attached hydrogens (tertiary/aromatic N) is 6. The van der Waals surface area contributed by atoms with Crippen LogP contribution in [0.3, 0.4) is 0 Å². The summed E-state index contributed by atoms with van der Waals surface area (Å²) in [4.78, 5) is 36.1. The Morgan fingerprint density at radius 2 is 2.14 bits per heavy atom. The molecule has 5 aromatic rings. The molecule has 1 aliphatic rings. The molecule has 4 aromatic heterocycles. The summed E-state index contributed by atoms with van der Waals surface area (Å²) in [6.45, 7) is 1.81. The van der Waals surface area contributed by atoms with Crippen LogP contribution in [0.5, 0.6) is 0 Å². The van der Waals surface area contributed by atoms with E-state index in [0.29, 0.717) is 27.9 Å². The Kier molecular flexibility index (Phi) is 5.22. The van der Waals surface area contributed by atoms with Gasteiger partial charge < -0.3 is 11.1 Å². The fraction of sp³-hybridized carbons (Fsp3) is 0.231. The molecule has 184 valence electrons. The van der Waals surface area contributed by atoms with Gasteiger partial charge in [0.05, 0.1) is 28.7 Å². The SMILES string of the molecule is CC(NC(=O)c1c(N)[nH][n+]2cccnc12)c1nc2cccc(C#Cc3cnn(C)c3)c2c(=O)n1C1CC1. The van der Waals surface area contributed by atoms with Gasteiger partial charge in [-0.1, -0.05) is 17.9 Å². The zero-order valence-electron chi connectivity index (χ0n) is 20.3. The topological polar surface area (TPSA) is 141 Å². The maximum atomic E-state index is 13.8. The van der Waals surface area contributed by atoms with E-state index in [-0.39, 0.29) is 23.0 Å². The Bertz CT molecular complexity index is 1810. The standard InChI is InChI=1S/C26H23N9O2/c1-15(30-25(36)21-22(27)32-34-12-4-11-28-24(21)34)23-31-19-6-3-5-17(8-7-16-13-29-33(2)14-16)20(19)26(37)35(23)18-9-10-18/h3-6,11-15,18H,9-10H2,1-2H3,(H3,27,30,32,36)/p+1. The number of anilines is 1. The van der Waals surface area contributed by atoms with Crippen molar-refractivity contribution in [2.45, 2.75) is 31.8 Å². The van der Waals surface area contributed by atoms with Gasteiger partial charge in [0.15, 0.2) is 11.4 Å². The van der Waals surface area contributed by atoms with Crippen molar-refractivity contribution in [2.24, 2.45) is 7.05 Å². The van der Waals surface area contributed by atoms with Crippen LogP contribution in [0.2, 0.25) is 0 Å². The van der Waals surface area contributed by atoms with E-state index in [1.54, 1.807) is 44.5 Å². The van der Waals surface area contributed by atoms with Crippen LogP contribution in [-0.2, 0) is 7.05 Å². The second kappa shape index (κ2) is 8.60. The summed E-state index contributed by atoms with van der Waals surface area (Å²) in [6.07, 6.45) is 8.56. The number of aromatic nitrogens is 7. The number of rotatable bonds is 4. The largest absolute Gasteiger partial charge is 0.382 e. The van der Waals surface area contributed by atoms with Crippen LogP contribution in [0.4, 0.5) is 5.82 Å². The highest BCUT2D eigenvalue weighted by Gasteiger charge is 2.32. The molecule has 0 spiro atoms. The van der Waals surface area contributed by atoms with Crippen molar-refractivity contribution in [3.8, 4) is 11.8 Å². The molecule has 4 heterocycles. The first-order valence-electron chi connectivity index (χ1n) is 11.9. The van der Waals surface area contributed by atoms with Crippen LogP contribution >= 0.6 is 0 Å². The average molecular weight is 495 g/mol. The Morgan fingerprint density at radius 1 is 1.30 bits per heavy atom. The smallest absolute Gasteiger partial charge is 0.362 e. The summed E-state index contributed by atoms with van der Waals surface area (Å²) in [6, 6.07) is 6.64. The first kappa shape index (κ1) is 22.5. The summed E-state index contributed by atoms with van der Waals surface area (Å²) >= 11 is 0. The van der Waals surface area contributed by atoms with E-state index in [1.807, 2.05) is 32.3 Å². The highest BCUT2D eigenvalue weighted by atomic mass is 16.2. The van der Waals surface area contributed by atoms with Crippen LogP contribution in [0, 0.1) is 11.8 Å². The third-order valence-electron chi connectivity index (χ3n) is 6.36. The van der Waals surface area contributed by atoms with E-state index in [9.17, 15) is 9.59 Å². The van der Waals surface area contributed by atoms with E-state index < -0.39 is 11.9 Å². The third kappa shape index (κ3) is 3.98. The lowest BCUT2D eigenvalue weighted by Crippen LogP contribution is -2.34. The number of carbonyl (C=O) groups is 1. The van der Waals surface area contributed by atoms with E-state index >= 15 is 0 Å². The molecular formula is C26H24N9O2+. The molecule has 1 fully saturated rings. The van der Waals surface area contributed by atoms with Crippen LogP contribution in [0.1, 0.15) is 59.2 Å². The van der Waals surface area contributed by atoms with Crippen molar-refractivity contribution in [3.05, 3.63) is 81.9 Å². The summed E-state index contributed by atoms with van der Waals surface area (Å²) in [7, 11) is 1.82. The minimum Gasteiger partial charge on any atom is -0.382 e. The molecule has 1 amide bonds. The molecule has 37 heavy (non-hydrogen) atoms. The van der Waals surface area contributed by atoms with Gasteiger partial charge in [-0.2, -0.15) is 5.10 Å². The molecule has 1 atom stereocenters. The number of H-pyrrole nitrogens is 1. The number of benzene rings is 1. The van der Waals surface area contributed by atoms with Crippen LogP contribution in [0.25, 0.3) is 16.6 Å². The second-order valence-electron chi connectivity index (χ2n) is 9.14. The molecule has 11 heteroatoms. The van der Waals surface area contributed by atoms with E-state index in [4.69, 9.17) is 10.7 Å². The van der Waals surface area contributed by atoms with Gasteiger partial charge in [-0.3, -0.25) is 18.8 Å². The van der Waals surface area contributed by atoms with E-state index in [2.05, 4.69) is 32.3 Å². The number of fused-ring (bicyclic) bond motifs is 2. The number of nitrogen functional groups attached to an aromatic ring is 1. The lowest BCUT2D eigenvalue weighted by molar-refractivity contribution is -0.577. The van der Waals surface area contributed by atoms with Crippen molar-refractivity contribution in [3.63, 3.8) is 0 Å². The van der Waals surface area contributed by atoms with Gasteiger partial charge >= 0.3 is 5.65 Å². The minimum absolute atomic E-state index is 0.0356. The lowest BCUT2D eigenvalue weighted by Gasteiger charge is -2.19. The maximum Gasteiger partial charge on any atom is 0.362 e. The first-order chi connectivity index (χ1) is 17.9. The number of amides is 1. The van der Waals surface area contributed by atoms with Crippen LogP contribution in [-0.4, -0.2) is 35.3 Å². The number of aromatic amines is 1. The number of carbonyl (C=O) groups excluding carboxylic acids is 1. The molecule has 1 aromatic carbocycles. The Labute approximate surface area is 211 Å². The molecule has 1 unspecified atom stereocenters. The van der Waals surface area contributed by atoms with Gasteiger partial charge in [0.1, 0.15) is 18.2 Å². The lowest BCUT2D eigenvalue weighted by atomic mass is 10.1. The van der Waals surface area contributed by atoms with Crippen molar-refractivity contribution in [2.75, 3.05) is 5.73 Å². The van der Waals surface area contributed by atoms with Gasteiger partial charge in [-0.25, -0.2) is 10.1 Å². The number of aryl methyl sites for hydroxylation is 1. The Balaban J connectivity index is 1.41. The number of hydrogen-bond acceptors (Lipinski definition) is 6. The molecule has 0 radical (unpaired) electrons. The van der Waals surface area contributed by atoms with E-state index in [0.717, 1.165) is 18.4 Å². The zero-order valence-corrected chi connectivity index (χ0v) is 20.3. The van der Waals surface area contributed by atoms with Crippen molar-refractivity contribution >= 4 is 28.3 Å². The predicted molar refractivity (Wildman–Crippen MR) is 136 cm³/mol. The monoisotopic (exact) mass is 494 g/mol. The highest BCUT2D eigenvalue weighted by molar-refractivity contribution is 6.03. The zero-order chi connectivity index (χ0) is 25.7.